The van der Waals surface area contributed by atoms with E-state index in [1.165, 1.54) is 23.5 Å². The van der Waals surface area contributed by atoms with Gasteiger partial charge in [0.1, 0.15) is 30.8 Å². The third-order valence-electron chi connectivity index (χ3n) is 4.53. The van der Waals surface area contributed by atoms with E-state index in [9.17, 15) is 9.50 Å². The Balaban J connectivity index is 1.80. The van der Waals surface area contributed by atoms with Crippen molar-refractivity contribution >= 4 is 11.0 Å². The highest BCUT2D eigenvalue weighted by atomic mass is 19.1. The molecular formula is C21H26FN2O2+. The van der Waals surface area contributed by atoms with E-state index in [2.05, 4.69) is 35.1 Å². The summed E-state index contributed by atoms with van der Waals surface area (Å²) in [5.41, 5.74) is 2.31. The number of benzene rings is 2. The zero-order chi connectivity index (χ0) is 18.5. The van der Waals surface area contributed by atoms with E-state index in [1.807, 2.05) is 12.1 Å². The minimum absolute atomic E-state index is 0.163. The number of fused-ring (bicyclic) bond motifs is 1. The van der Waals surface area contributed by atoms with Crippen LogP contribution in [-0.4, -0.2) is 22.4 Å². The number of para-hydroxylation sites is 2. The Bertz CT molecular complexity index is 858. The van der Waals surface area contributed by atoms with Gasteiger partial charge in [0.05, 0.1) is 6.54 Å². The maximum Gasteiger partial charge on any atom is 0.257 e. The number of aromatic nitrogens is 2. The zero-order valence-corrected chi connectivity index (χ0v) is 15.4. The second-order valence-corrected chi connectivity index (χ2v) is 6.43. The van der Waals surface area contributed by atoms with Crippen LogP contribution in [0.3, 0.4) is 0 Å². The number of aryl methyl sites for hydroxylation is 1. The number of aliphatic hydroxyl groups is 1. The lowest BCUT2D eigenvalue weighted by Crippen LogP contribution is -2.45. The first-order valence-corrected chi connectivity index (χ1v) is 9.20. The highest BCUT2D eigenvalue weighted by molar-refractivity contribution is 5.72. The van der Waals surface area contributed by atoms with E-state index >= 15 is 0 Å². The van der Waals surface area contributed by atoms with Crippen LogP contribution in [0.4, 0.5) is 4.39 Å². The zero-order valence-electron chi connectivity index (χ0n) is 15.4. The number of nitrogens with zero attached hydrogens (tertiary/aromatic N) is 2. The van der Waals surface area contributed by atoms with Gasteiger partial charge in [-0.2, -0.15) is 0 Å². The molecular weight excluding hydrogens is 331 g/mol. The molecule has 0 aliphatic heterocycles. The van der Waals surface area contributed by atoms with Crippen LogP contribution in [0.2, 0.25) is 0 Å². The van der Waals surface area contributed by atoms with Crippen LogP contribution in [0.15, 0.2) is 48.5 Å². The molecule has 0 fully saturated rings. The molecule has 0 aliphatic carbocycles. The van der Waals surface area contributed by atoms with Crippen molar-refractivity contribution in [2.24, 2.45) is 0 Å². The average molecular weight is 357 g/mol. The molecule has 1 N–H and O–H groups in total. The predicted octanol–water partition coefficient (Wildman–Crippen LogP) is 3.48. The Hall–Kier alpha value is -2.40. The molecule has 0 spiro atoms. The third-order valence-corrected chi connectivity index (χ3v) is 4.53. The SMILES string of the molecule is CCCc1n(CC)c2ccccc2[n+]1CC(O)COc1ccc(F)cc1. The highest BCUT2D eigenvalue weighted by Gasteiger charge is 2.25. The van der Waals surface area contributed by atoms with Crippen LogP contribution in [0, 0.1) is 5.82 Å². The topological polar surface area (TPSA) is 38.3 Å². The number of halogens is 1. The summed E-state index contributed by atoms with van der Waals surface area (Å²) in [6.45, 7) is 5.82. The summed E-state index contributed by atoms with van der Waals surface area (Å²) in [4.78, 5) is 0. The van der Waals surface area contributed by atoms with Crippen molar-refractivity contribution in [1.82, 2.24) is 4.57 Å². The second-order valence-electron chi connectivity index (χ2n) is 6.43. The Kier molecular flexibility index (Phi) is 5.89. The van der Waals surface area contributed by atoms with E-state index in [0.717, 1.165) is 24.9 Å². The molecule has 1 heterocycles. The summed E-state index contributed by atoms with van der Waals surface area (Å²) in [6, 6.07) is 14.1. The number of hydrogen-bond donors (Lipinski definition) is 1. The van der Waals surface area contributed by atoms with E-state index in [1.54, 1.807) is 12.1 Å². The molecule has 0 bridgehead atoms. The molecule has 3 rings (SSSR count). The van der Waals surface area contributed by atoms with Gasteiger partial charge in [-0.1, -0.05) is 19.1 Å². The van der Waals surface area contributed by atoms with Gasteiger partial charge in [-0.3, -0.25) is 0 Å². The Morgan fingerprint density at radius 2 is 1.85 bits per heavy atom. The van der Waals surface area contributed by atoms with Crippen molar-refractivity contribution in [3.63, 3.8) is 0 Å². The van der Waals surface area contributed by atoms with Crippen molar-refractivity contribution in [2.45, 2.75) is 45.9 Å². The molecule has 0 aliphatic rings. The van der Waals surface area contributed by atoms with Crippen LogP contribution in [0.1, 0.15) is 26.1 Å². The molecule has 3 aromatic rings. The van der Waals surface area contributed by atoms with Crippen LogP contribution in [0.5, 0.6) is 5.75 Å². The van der Waals surface area contributed by atoms with Crippen molar-refractivity contribution in [3.05, 3.63) is 60.2 Å². The lowest BCUT2D eigenvalue weighted by atomic mass is 10.3. The molecule has 0 saturated heterocycles. The lowest BCUT2D eigenvalue weighted by molar-refractivity contribution is -0.687. The average Bonchev–Trinajstić information content (AvgIpc) is 2.94. The van der Waals surface area contributed by atoms with Gasteiger partial charge in [0.25, 0.3) is 5.82 Å². The summed E-state index contributed by atoms with van der Waals surface area (Å²) >= 11 is 0. The van der Waals surface area contributed by atoms with Crippen LogP contribution < -0.4 is 9.30 Å². The molecule has 1 aromatic heterocycles. The maximum atomic E-state index is 13.0. The van der Waals surface area contributed by atoms with E-state index < -0.39 is 6.10 Å². The van der Waals surface area contributed by atoms with E-state index in [4.69, 9.17) is 4.74 Å². The Labute approximate surface area is 153 Å². The van der Waals surface area contributed by atoms with Crippen LogP contribution in [0.25, 0.3) is 11.0 Å². The first-order chi connectivity index (χ1) is 12.6. The highest BCUT2D eigenvalue weighted by Crippen LogP contribution is 2.16. The number of hydrogen-bond acceptors (Lipinski definition) is 2. The minimum Gasteiger partial charge on any atom is -0.491 e. The standard InChI is InChI=1S/C21H26FN2O2/c1-3-7-21-23(4-2)19-8-5-6-9-20(19)24(21)14-17(25)15-26-18-12-10-16(22)11-13-18/h5-6,8-13,17,25H,3-4,7,14-15H2,1-2H3/q+1. The summed E-state index contributed by atoms with van der Waals surface area (Å²) < 4.78 is 23.1. The maximum absolute atomic E-state index is 13.0. The molecule has 4 nitrogen and oxygen atoms in total. The predicted molar refractivity (Wildman–Crippen MR) is 99.7 cm³/mol. The molecule has 138 valence electrons. The van der Waals surface area contributed by atoms with E-state index in [0.29, 0.717) is 12.3 Å². The van der Waals surface area contributed by atoms with Crippen LogP contribution in [-0.2, 0) is 19.5 Å². The quantitative estimate of drug-likeness (QED) is 0.627. The first-order valence-electron chi connectivity index (χ1n) is 9.20. The summed E-state index contributed by atoms with van der Waals surface area (Å²) in [5.74, 6) is 1.47. The third kappa shape index (κ3) is 3.88. The van der Waals surface area contributed by atoms with Gasteiger partial charge in [0.15, 0.2) is 11.0 Å². The fraction of sp³-hybridized carbons (Fsp3) is 0.381. The van der Waals surface area contributed by atoms with Crippen molar-refractivity contribution < 1.29 is 18.8 Å². The summed E-state index contributed by atoms with van der Waals surface area (Å²) in [6.07, 6.45) is 1.34. The summed E-state index contributed by atoms with van der Waals surface area (Å²) in [5, 5.41) is 10.5. The van der Waals surface area contributed by atoms with Gasteiger partial charge >= 0.3 is 0 Å². The molecule has 1 unspecified atom stereocenters. The fourth-order valence-electron chi connectivity index (χ4n) is 3.38. The van der Waals surface area contributed by atoms with Crippen LogP contribution >= 0.6 is 0 Å². The number of aliphatic hydroxyl groups excluding tert-OH is 1. The molecule has 2 aromatic carbocycles. The van der Waals surface area contributed by atoms with Gasteiger partial charge in [-0.15, -0.1) is 0 Å². The molecule has 1 atom stereocenters. The Morgan fingerprint density at radius 3 is 2.54 bits per heavy atom. The smallest absolute Gasteiger partial charge is 0.257 e. The Morgan fingerprint density at radius 1 is 1.12 bits per heavy atom. The molecule has 0 saturated carbocycles. The number of rotatable bonds is 8. The van der Waals surface area contributed by atoms with Crippen molar-refractivity contribution in [3.8, 4) is 5.75 Å². The first kappa shape index (κ1) is 18.4. The fourth-order valence-corrected chi connectivity index (χ4v) is 3.38. The normalized spacial score (nSPS) is 12.5. The van der Waals surface area contributed by atoms with Crippen molar-refractivity contribution in [2.75, 3.05) is 6.61 Å². The van der Waals surface area contributed by atoms with Gasteiger partial charge in [-0.05, 0) is 49.7 Å². The monoisotopic (exact) mass is 357 g/mol. The van der Waals surface area contributed by atoms with Gasteiger partial charge < -0.3 is 9.84 Å². The second kappa shape index (κ2) is 8.32. The van der Waals surface area contributed by atoms with E-state index in [-0.39, 0.29) is 12.4 Å². The number of ether oxygens (including phenoxy) is 1. The largest absolute Gasteiger partial charge is 0.491 e. The van der Waals surface area contributed by atoms with Gasteiger partial charge in [0.2, 0.25) is 0 Å². The minimum atomic E-state index is -0.656. The van der Waals surface area contributed by atoms with Gasteiger partial charge in [0, 0.05) is 6.42 Å². The summed E-state index contributed by atoms with van der Waals surface area (Å²) in [7, 11) is 0. The molecule has 0 amide bonds. The lowest BCUT2D eigenvalue weighted by Gasteiger charge is -2.12. The van der Waals surface area contributed by atoms with Gasteiger partial charge in [-0.25, -0.2) is 13.5 Å². The molecule has 0 radical (unpaired) electrons. The molecule has 26 heavy (non-hydrogen) atoms. The number of imidazole rings is 1. The molecule has 5 heteroatoms. The van der Waals surface area contributed by atoms with Crippen molar-refractivity contribution in [1.29, 1.82) is 0 Å².